The van der Waals surface area contributed by atoms with Crippen LogP contribution >= 0.6 is 0 Å². The lowest BCUT2D eigenvalue weighted by molar-refractivity contribution is -0.174. The van der Waals surface area contributed by atoms with Gasteiger partial charge in [-0.3, -0.25) is 15.4 Å². The third kappa shape index (κ3) is 7.16. The van der Waals surface area contributed by atoms with Gasteiger partial charge in [0.25, 0.3) is 0 Å². The first-order chi connectivity index (χ1) is 16.2. The molecule has 0 saturated heterocycles. The minimum absolute atomic E-state index is 0.159. The number of hydrogen-bond acceptors (Lipinski definition) is 7. The molecule has 0 radical (unpaired) electrons. The molecule has 4 N–H and O–H groups in total. The Hall–Kier alpha value is -3.17. The van der Waals surface area contributed by atoms with Crippen molar-refractivity contribution in [1.82, 2.24) is 4.98 Å². The highest BCUT2D eigenvalue weighted by atomic mass is 16.6. The fourth-order valence-electron chi connectivity index (χ4n) is 3.70. The molecule has 0 bridgehead atoms. The number of amides is 1. The summed E-state index contributed by atoms with van der Waals surface area (Å²) in [5.74, 6) is 0.329. The van der Waals surface area contributed by atoms with E-state index in [-0.39, 0.29) is 18.3 Å². The third-order valence-corrected chi connectivity index (χ3v) is 5.52. The van der Waals surface area contributed by atoms with E-state index in [1.807, 2.05) is 13.8 Å². The second-order valence-corrected chi connectivity index (χ2v) is 10.3. The quantitative estimate of drug-likeness (QED) is 0.350. The second kappa shape index (κ2) is 11.0. The van der Waals surface area contributed by atoms with Gasteiger partial charge in [-0.05, 0) is 75.4 Å². The van der Waals surface area contributed by atoms with E-state index < -0.39 is 29.3 Å². The molecular formula is C26H37N3O6. The largest absolute Gasteiger partial charge is 0.474 e. The molecule has 1 aromatic heterocycles. The number of aliphatic hydroxyl groups is 1. The van der Waals surface area contributed by atoms with Crippen molar-refractivity contribution in [1.29, 1.82) is 0 Å². The zero-order chi connectivity index (χ0) is 26.6. The first kappa shape index (κ1) is 28.1. The van der Waals surface area contributed by atoms with Crippen molar-refractivity contribution in [3.8, 4) is 16.9 Å². The number of aliphatic hydroxyl groups excluding tert-OH is 1. The Labute approximate surface area is 206 Å². The fraction of sp³-hybridized carbons (Fsp3) is 0.500. The highest BCUT2D eigenvalue weighted by Crippen LogP contribution is 2.35. The zero-order valence-electron chi connectivity index (χ0n) is 21.5. The third-order valence-electron chi connectivity index (χ3n) is 5.52. The number of rotatable bonds is 9. The molecule has 1 heterocycles. The van der Waals surface area contributed by atoms with E-state index >= 15 is 0 Å². The molecule has 9 nitrogen and oxygen atoms in total. The maximum absolute atomic E-state index is 13.1. The van der Waals surface area contributed by atoms with Gasteiger partial charge in [0, 0.05) is 18.8 Å². The lowest BCUT2D eigenvalue weighted by Crippen LogP contribution is -2.52. The fourth-order valence-corrected chi connectivity index (χ4v) is 3.70. The lowest BCUT2D eigenvalue weighted by Gasteiger charge is -2.37. The van der Waals surface area contributed by atoms with Gasteiger partial charge in [-0.1, -0.05) is 19.9 Å². The summed E-state index contributed by atoms with van der Waals surface area (Å²) in [6, 6.07) is 8.55. The van der Waals surface area contributed by atoms with Crippen LogP contribution in [0.2, 0.25) is 0 Å². The van der Waals surface area contributed by atoms with Crippen molar-refractivity contribution in [3.63, 3.8) is 0 Å². The normalized spacial score (nSPS) is 14.2. The first-order valence-corrected chi connectivity index (χ1v) is 11.5. The summed E-state index contributed by atoms with van der Waals surface area (Å²) in [7, 11) is 1.41. The number of anilines is 1. The summed E-state index contributed by atoms with van der Waals surface area (Å²) in [6.07, 6.45) is -0.182. The molecular weight excluding hydrogens is 450 g/mol. The molecule has 9 heteroatoms. The van der Waals surface area contributed by atoms with Crippen LogP contribution in [0.15, 0.2) is 36.5 Å². The lowest BCUT2D eigenvalue weighted by atomic mass is 9.80. The van der Waals surface area contributed by atoms with Gasteiger partial charge in [0.2, 0.25) is 0 Å². The monoisotopic (exact) mass is 487 g/mol. The van der Waals surface area contributed by atoms with Gasteiger partial charge in [0.15, 0.2) is 6.23 Å². The second-order valence-electron chi connectivity index (χ2n) is 10.3. The van der Waals surface area contributed by atoms with Crippen molar-refractivity contribution < 1.29 is 29.3 Å². The number of aromatic nitrogens is 1. The zero-order valence-corrected chi connectivity index (χ0v) is 21.5. The number of benzene rings is 1. The molecule has 0 spiro atoms. The van der Waals surface area contributed by atoms with Crippen molar-refractivity contribution in [3.05, 3.63) is 42.1 Å². The summed E-state index contributed by atoms with van der Waals surface area (Å²) in [4.78, 5) is 29.5. The van der Waals surface area contributed by atoms with E-state index in [4.69, 9.17) is 15.2 Å². The number of carboxylic acid groups (broad SMARTS) is 1. The highest BCUT2D eigenvalue weighted by Gasteiger charge is 2.45. The Morgan fingerprint density at radius 3 is 2.29 bits per heavy atom. The molecule has 2 atom stereocenters. The molecule has 1 amide bonds. The highest BCUT2D eigenvalue weighted by molar-refractivity contribution is 5.85. The smallest absolute Gasteiger partial charge is 0.412 e. The van der Waals surface area contributed by atoms with Crippen molar-refractivity contribution >= 4 is 17.9 Å². The van der Waals surface area contributed by atoms with E-state index in [9.17, 15) is 19.8 Å². The number of pyridine rings is 1. The van der Waals surface area contributed by atoms with Crippen LogP contribution in [0, 0.1) is 11.3 Å². The molecule has 0 fully saturated rings. The van der Waals surface area contributed by atoms with E-state index in [1.165, 1.54) is 13.2 Å². The summed E-state index contributed by atoms with van der Waals surface area (Å²) in [5, 5.41) is 19.2. The number of carbonyl (C=O) groups excluding carboxylic acids is 1. The minimum Gasteiger partial charge on any atom is -0.474 e. The average Bonchev–Trinajstić information content (AvgIpc) is 2.77. The SMILES string of the molecule is CC(C)CC(C)(C(=O)OC(C)(C)C)C(N)Oc1ccc(-c2ccnc(N(C)C(=O)O)c2)cc1CO. The van der Waals surface area contributed by atoms with Crippen molar-refractivity contribution in [2.24, 2.45) is 17.1 Å². The van der Waals surface area contributed by atoms with Crippen LogP contribution in [0.1, 0.15) is 53.5 Å². The number of hydrogen-bond donors (Lipinski definition) is 3. The molecule has 0 aliphatic carbocycles. The van der Waals surface area contributed by atoms with E-state index in [0.717, 1.165) is 10.5 Å². The van der Waals surface area contributed by atoms with E-state index in [1.54, 1.807) is 58.0 Å². The standard InChI is InChI=1S/C26H37N3O6/c1-16(2)14-26(6,23(31)35-25(3,4)5)22(27)34-20-9-8-17(12-19(20)15-30)18-10-11-28-21(13-18)29(7)24(32)33/h8-13,16,22,30H,14-15,27H2,1-7H3,(H,32,33). The van der Waals surface area contributed by atoms with Crippen LogP contribution in [0.5, 0.6) is 5.75 Å². The Morgan fingerprint density at radius 1 is 1.11 bits per heavy atom. The Kier molecular flexibility index (Phi) is 8.86. The van der Waals surface area contributed by atoms with Gasteiger partial charge in [-0.2, -0.15) is 0 Å². The first-order valence-electron chi connectivity index (χ1n) is 11.5. The molecule has 0 saturated carbocycles. The summed E-state index contributed by atoms with van der Waals surface area (Å²) in [6.45, 7) is 10.8. The summed E-state index contributed by atoms with van der Waals surface area (Å²) >= 11 is 0. The van der Waals surface area contributed by atoms with Gasteiger partial charge < -0.3 is 19.7 Å². The predicted octanol–water partition coefficient (Wildman–Crippen LogP) is 4.41. The van der Waals surface area contributed by atoms with Crippen molar-refractivity contribution in [2.75, 3.05) is 11.9 Å². The van der Waals surface area contributed by atoms with Crippen LogP contribution < -0.4 is 15.4 Å². The average molecular weight is 488 g/mol. The molecule has 1 aromatic carbocycles. The number of nitrogens with zero attached hydrogens (tertiary/aromatic N) is 2. The van der Waals surface area contributed by atoms with Crippen LogP contribution in [0.3, 0.4) is 0 Å². The van der Waals surface area contributed by atoms with Gasteiger partial charge in [-0.15, -0.1) is 0 Å². The van der Waals surface area contributed by atoms with Crippen LogP contribution in [0.25, 0.3) is 11.1 Å². The minimum atomic E-state index is -1.13. The Balaban J connectivity index is 2.37. The number of ether oxygens (including phenoxy) is 2. The predicted molar refractivity (Wildman–Crippen MR) is 134 cm³/mol. The number of carbonyl (C=O) groups is 2. The maximum atomic E-state index is 13.1. The molecule has 35 heavy (non-hydrogen) atoms. The molecule has 2 unspecified atom stereocenters. The van der Waals surface area contributed by atoms with Gasteiger partial charge in [0.1, 0.15) is 22.6 Å². The molecule has 192 valence electrons. The van der Waals surface area contributed by atoms with Crippen LogP contribution in [-0.4, -0.2) is 46.1 Å². The summed E-state index contributed by atoms with van der Waals surface area (Å²) in [5.41, 5.74) is 6.56. The number of esters is 1. The molecule has 2 aromatic rings. The van der Waals surface area contributed by atoms with Crippen LogP contribution in [0.4, 0.5) is 10.6 Å². The summed E-state index contributed by atoms with van der Waals surface area (Å²) < 4.78 is 11.7. The maximum Gasteiger partial charge on any atom is 0.412 e. The molecule has 2 rings (SSSR count). The van der Waals surface area contributed by atoms with Gasteiger partial charge in [-0.25, -0.2) is 9.78 Å². The van der Waals surface area contributed by atoms with Gasteiger partial charge >= 0.3 is 12.1 Å². The topological polar surface area (TPSA) is 135 Å². The van der Waals surface area contributed by atoms with Gasteiger partial charge in [0.05, 0.1) is 6.61 Å². The van der Waals surface area contributed by atoms with E-state index in [0.29, 0.717) is 23.3 Å². The molecule has 0 aliphatic heterocycles. The molecule has 0 aliphatic rings. The van der Waals surface area contributed by atoms with E-state index in [2.05, 4.69) is 4.98 Å². The Bertz CT molecular complexity index is 1050. The van der Waals surface area contributed by atoms with Crippen LogP contribution in [-0.2, 0) is 16.1 Å². The number of nitrogens with two attached hydrogens (primary N) is 1. The van der Waals surface area contributed by atoms with Crippen molar-refractivity contribution in [2.45, 2.75) is 66.4 Å². The Morgan fingerprint density at radius 2 is 1.74 bits per heavy atom.